The van der Waals surface area contributed by atoms with E-state index >= 15 is 0 Å². The summed E-state index contributed by atoms with van der Waals surface area (Å²) in [6.45, 7) is 4.41. The molecule has 6 heteroatoms. The second kappa shape index (κ2) is 6.88. The Balaban J connectivity index is 1.35. The Morgan fingerprint density at radius 2 is 2.12 bits per heavy atom. The summed E-state index contributed by atoms with van der Waals surface area (Å²) >= 11 is 0. The molecule has 0 bridgehead atoms. The van der Waals surface area contributed by atoms with Crippen molar-refractivity contribution in [3.8, 4) is 0 Å². The third kappa shape index (κ3) is 3.39. The molecule has 0 saturated carbocycles. The fourth-order valence-electron chi connectivity index (χ4n) is 3.71. The van der Waals surface area contributed by atoms with Gasteiger partial charge >= 0.3 is 0 Å². The monoisotopic (exact) mass is 340 g/mol. The average Bonchev–Trinajstić information content (AvgIpc) is 3.08. The molecule has 0 spiro atoms. The SMILES string of the molecule is Cc1cc(N2CCC(NC(=O)C3OCCc4ccccc43)CC2)n[nH]1. The third-order valence-electron chi connectivity index (χ3n) is 5.09. The first-order chi connectivity index (χ1) is 12.2. The van der Waals surface area contributed by atoms with Crippen LogP contribution in [-0.4, -0.2) is 41.8 Å². The van der Waals surface area contributed by atoms with E-state index in [1.807, 2.05) is 25.1 Å². The number of hydrogen-bond acceptors (Lipinski definition) is 4. The van der Waals surface area contributed by atoms with Crippen molar-refractivity contribution in [3.05, 3.63) is 47.2 Å². The molecule has 132 valence electrons. The molecule has 1 amide bonds. The molecule has 6 nitrogen and oxygen atoms in total. The van der Waals surface area contributed by atoms with Crippen LogP contribution in [0.25, 0.3) is 0 Å². The van der Waals surface area contributed by atoms with Gasteiger partial charge in [-0.15, -0.1) is 0 Å². The number of aryl methyl sites for hydroxylation is 1. The number of ether oxygens (including phenoxy) is 1. The number of rotatable bonds is 3. The zero-order valence-electron chi connectivity index (χ0n) is 14.5. The Bertz CT molecular complexity index is 749. The first-order valence-corrected chi connectivity index (χ1v) is 8.97. The summed E-state index contributed by atoms with van der Waals surface area (Å²) in [7, 11) is 0. The Morgan fingerprint density at radius 3 is 2.88 bits per heavy atom. The van der Waals surface area contributed by atoms with E-state index in [4.69, 9.17) is 4.74 Å². The van der Waals surface area contributed by atoms with Gasteiger partial charge < -0.3 is 15.0 Å². The van der Waals surface area contributed by atoms with Gasteiger partial charge in [0.05, 0.1) is 6.61 Å². The maximum atomic E-state index is 12.7. The molecule has 0 aliphatic carbocycles. The van der Waals surface area contributed by atoms with E-state index in [9.17, 15) is 4.79 Å². The number of carbonyl (C=O) groups is 1. The molecule has 2 aliphatic rings. The molecule has 25 heavy (non-hydrogen) atoms. The van der Waals surface area contributed by atoms with Gasteiger partial charge in [-0.05, 0) is 37.3 Å². The molecule has 3 heterocycles. The van der Waals surface area contributed by atoms with Crippen LogP contribution >= 0.6 is 0 Å². The summed E-state index contributed by atoms with van der Waals surface area (Å²) in [5.74, 6) is 0.980. The topological polar surface area (TPSA) is 70.2 Å². The summed E-state index contributed by atoms with van der Waals surface area (Å²) in [5, 5.41) is 10.5. The van der Waals surface area contributed by atoms with E-state index in [2.05, 4.69) is 32.5 Å². The number of hydrogen-bond donors (Lipinski definition) is 2. The van der Waals surface area contributed by atoms with Crippen molar-refractivity contribution >= 4 is 11.7 Å². The standard InChI is InChI=1S/C19H24N4O2/c1-13-12-17(22-21-13)23-9-6-15(7-10-23)20-19(24)18-16-5-3-2-4-14(16)8-11-25-18/h2-5,12,15,18H,6-11H2,1H3,(H,20,24)(H,21,22). The number of piperidine rings is 1. The van der Waals surface area contributed by atoms with Crippen molar-refractivity contribution in [2.24, 2.45) is 0 Å². The lowest BCUT2D eigenvalue weighted by molar-refractivity contribution is -0.135. The van der Waals surface area contributed by atoms with Gasteiger partial charge in [-0.25, -0.2) is 0 Å². The summed E-state index contributed by atoms with van der Waals surface area (Å²) < 4.78 is 5.76. The van der Waals surface area contributed by atoms with Crippen LogP contribution in [-0.2, 0) is 16.0 Å². The van der Waals surface area contributed by atoms with Gasteiger partial charge in [-0.3, -0.25) is 9.89 Å². The van der Waals surface area contributed by atoms with Crippen LogP contribution in [0.4, 0.5) is 5.82 Å². The van der Waals surface area contributed by atoms with Gasteiger partial charge in [0.2, 0.25) is 0 Å². The maximum Gasteiger partial charge on any atom is 0.253 e. The molecule has 1 saturated heterocycles. The highest BCUT2D eigenvalue weighted by Crippen LogP contribution is 2.27. The van der Waals surface area contributed by atoms with Gasteiger partial charge in [0.1, 0.15) is 0 Å². The van der Waals surface area contributed by atoms with Crippen molar-refractivity contribution < 1.29 is 9.53 Å². The number of anilines is 1. The lowest BCUT2D eigenvalue weighted by Gasteiger charge is -2.33. The first kappa shape index (κ1) is 16.1. The van der Waals surface area contributed by atoms with E-state index in [0.29, 0.717) is 6.61 Å². The zero-order valence-corrected chi connectivity index (χ0v) is 14.5. The number of amides is 1. The predicted molar refractivity (Wildman–Crippen MR) is 95.5 cm³/mol. The molecular formula is C19H24N4O2. The molecule has 1 aromatic heterocycles. The first-order valence-electron chi connectivity index (χ1n) is 8.97. The van der Waals surface area contributed by atoms with Crippen molar-refractivity contribution in [3.63, 3.8) is 0 Å². The van der Waals surface area contributed by atoms with Crippen LogP contribution in [0.2, 0.25) is 0 Å². The lowest BCUT2D eigenvalue weighted by atomic mass is 9.96. The average molecular weight is 340 g/mol. The molecule has 4 rings (SSSR count). The van der Waals surface area contributed by atoms with Crippen LogP contribution in [0, 0.1) is 6.92 Å². The van der Waals surface area contributed by atoms with E-state index in [0.717, 1.165) is 49.4 Å². The van der Waals surface area contributed by atoms with Crippen LogP contribution < -0.4 is 10.2 Å². The Kier molecular flexibility index (Phi) is 4.44. The number of aromatic amines is 1. The summed E-state index contributed by atoms with van der Waals surface area (Å²) in [4.78, 5) is 15.0. The fourth-order valence-corrected chi connectivity index (χ4v) is 3.71. The van der Waals surface area contributed by atoms with Crippen molar-refractivity contribution in [2.45, 2.75) is 38.3 Å². The largest absolute Gasteiger partial charge is 0.363 e. The molecular weight excluding hydrogens is 316 g/mol. The van der Waals surface area contributed by atoms with E-state index < -0.39 is 6.10 Å². The number of fused-ring (bicyclic) bond motifs is 1. The highest BCUT2D eigenvalue weighted by Gasteiger charge is 2.30. The van der Waals surface area contributed by atoms with Crippen LogP contribution in [0.3, 0.4) is 0 Å². The molecule has 1 fully saturated rings. The Morgan fingerprint density at radius 1 is 1.32 bits per heavy atom. The highest BCUT2D eigenvalue weighted by molar-refractivity contribution is 5.83. The minimum atomic E-state index is -0.475. The van der Waals surface area contributed by atoms with Crippen LogP contribution in [0.15, 0.2) is 30.3 Å². The third-order valence-corrected chi connectivity index (χ3v) is 5.09. The number of nitrogens with zero attached hydrogens (tertiary/aromatic N) is 2. The quantitative estimate of drug-likeness (QED) is 0.898. The molecule has 1 atom stereocenters. The van der Waals surface area contributed by atoms with Crippen LogP contribution in [0.1, 0.15) is 35.8 Å². The maximum absolute atomic E-state index is 12.7. The Hall–Kier alpha value is -2.34. The van der Waals surface area contributed by atoms with Crippen LogP contribution in [0.5, 0.6) is 0 Å². The summed E-state index contributed by atoms with van der Waals surface area (Å²) in [6, 6.07) is 10.3. The van der Waals surface area contributed by atoms with Crippen molar-refractivity contribution in [1.82, 2.24) is 15.5 Å². The normalized spacial score (nSPS) is 21.0. The smallest absolute Gasteiger partial charge is 0.253 e. The van der Waals surface area contributed by atoms with Gasteiger partial charge in [0.15, 0.2) is 11.9 Å². The van der Waals surface area contributed by atoms with E-state index in [1.54, 1.807) is 0 Å². The number of nitrogens with one attached hydrogen (secondary N) is 2. The highest BCUT2D eigenvalue weighted by atomic mass is 16.5. The number of aromatic nitrogens is 2. The van der Waals surface area contributed by atoms with Crippen molar-refractivity contribution in [2.75, 3.05) is 24.6 Å². The number of benzene rings is 1. The van der Waals surface area contributed by atoms with Gasteiger partial charge in [0.25, 0.3) is 5.91 Å². The van der Waals surface area contributed by atoms with Gasteiger partial charge in [-0.2, -0.15) is 5.10 Å². The zero-order chi connectivity index (χ0) is 17.2. The minimum Gasteiger partial charge on any atom is -0.363 e. The lowest BCUT2D eigenvalue weighted by Crippen LogP contribution is -2.46. The second-order valence-corrected chi connectivity index (χ2v) is 6.88. The van der Waals surface area contributed by atoms with E-state index in [1.165, 1.54) is 5.56 Å². The molecule has 2 aliphatic heterocycles. The number of H-pyrrole nitrogens is 1. The molecule has 0 radical (unpaired) electrons. The van der Waals surface area contributed by atoms with E-state index in [-0.39, 0.29) is 11.9 Å². The van der Waals surface area contributed by atoms with Gasteiger partial charge in [-0.1, -0.05) is 24.3 Å². The van der Waals surface area contributed by atoms with Crippen molar-refractivity contribution in [1.29, 1.82) is 0 Å². The summed E-state index contributed by atoms with van der Waals surface area (Å²) in [6.07, 6.45) is 2.25. The number of carbonyl (C=O) groups excluding carboxylic acids is 1. The second-order valence-electron chi connectivity index (χ2n) is 6.88. The molecule has 2 N–H and O–H groups in total. The molecule has 1 aromatic carbocycles. The fraction of sp³-hybridized carbons (Fsp3) is 0.474. The Labute approximate surface area is 147 Å². The molecule has 2 aromatic rings. The molecule has 1 unspecified atom stereocenters. The predicted octanol–water partition coefficient (Wildman–Crippen LogP) is 2.12. The van der Waals surface area contributed by atoms with Gasteiger partial charge in [0, 0.05) is 30.9 Å². The summed E-state index contributed by atoms with van der Waals surface area (Å²) in [5.41, 5.74) is 3.30. The minimum absolute atomic E-state index is 0.0128.